The molecule has 0 radical (unpaired) electrons. The molecule has 10 heteroatoms. The Hall–Kier alpha value is -3.40. The van der Waals surface area contributed by atoms with Crippen LogP contribution in [0.3, 0.4) is 0 Å². The van der Waals surface area contributed by atoms with Crippen LogP contribution in [0.15, 0.2) is 35.4 Å². The predicted octanol–water partition coefficient (Wildman–Crippen LogP) is 1.19. The van der Waals surface area contributed by atoms with Crippen LogP contribution in [0, 0.1) is 11.6 Å². The standard InChI is InChI=1S/C18H16F2N6O2/c1-21-18(28)16-12(19)6-11(7-23-16)26-5-4-25(26)9-10-2-3-13-17(15(10)20)24-14(27)8-22-13/h2-3,6-8H,4-5,9H2,1H3,(H,21,28)(H,24,27). The maximum atomic E-state index is 14.8. The zero-order chi connectivity index (χ0) is 19.8. The number of carbonyl (C=O) groups is 1. The van der Waals surface area contributed by atoms with Crippen molar-refractivity contribution in [3.05, 3.63) is 63.8 Å². The molecule has 0 atom stereocenters. The molecule has 1 aromatic carbocycles. The molecule has 4 rings (SSSR count). The molecule has 2 aromatic heterocycles. The molecule has 1 fully saturated rings. The number of nitrogens with one attached hydrogen (secondary N) is 2. The average Bonchev–Trinajstić information content (AvgIpc) is 2.66. The highest BCUT2D eigenvalue weighted by atomic mass is 19.1. The van der Waals surface area contributed by atoms with E-state index in [1.807, 2.05) is 5.01 Å². The first-order valence-electron chi connectivity index (χ1n) is 8.54. The van der Waals surface area contributed by atoms with Gasteiger partial charge in [-0.3, -0.25) is 9.59 Å². The van der Waals surface area contributed by atoms with Crippen molar-refractivity contribution in [2.24, 2.45) is 0 Å². The third-order valence-corrected chi connectivity index (χ3v) is 4.60. The first-order chi connectivity index (χ1) is 13.5. The van der Waals surface area contributed by atoms with E-state index >= 15 is 0 Å². The maximum absolute atomic E-state index is 14.8. The van der Waals surface area contributed by atoms with Gasteiger partial charge in [-0.05, 0) is 6.07 Å². The maximum Gasteiger partial charge on any atom is 0.272 e. The first kappa shape index (κ1) is 18.0. The highest BCUT2D eigenvalue weighted by Gasteiger charge is 2.28. The van der Waals surface area contributed by atoms with Crippen LogP contribution >= 0.6 is 0 Å². The number of hydrogen-bond acceptors (Lipinski definition) is 6. The Bertz CT molecular complexity index is 1130. The summed E-state index contributed by atoms with van der Waals surface area (Å²) in [5.74, 6) is -1.89. The Morgan fingerprint density at radius 3 is 2.75 bits per heavy atom. The molecule has 1 aliphatic heterocycles. The second kappa shape index (κ2) is 6.97. The molecule has 0 aliphatic carbocycles. The van der Waals surface area contributed by atoms with Gasteiger partial charge >= 0.3 is 0 Å². The van der Waals surface area contributed by atoms with E-state index in [1.54, 1.807) is 17.1 Å². The minimum atomic E-state index is -0.732. The zero-order valence-electron chi connectivity index (χ0n) is 14.9. The highest BCUT2D eigenvalue weighted by Crippen LogP contribution is 2.26. The molecule has 28 heavy (non-hydrogen) atoms. The summed E-state index contributed by atoms with van der Waals surface area (Å²) in [6.45, 7) is 1.46. The van der Waals surface area contributed by atoms with Crippen molar-refractivity contribution in [1.29, 1.82) is 0 Å². The molecule has 3 heterocycles. The summed E-state index contributed by atoms with van der Waals surface area (Å²) >= 11 is 0. The van der Waals surface area contributed by atoms with Crippen LogP contribution in [0.4, 0.5) is 14.5 Å². The lowest BCUT2D eigenvalue weighted by atomic mass is 10.1. The smallest absolute Gasteiger partial charge is 0.272 e. The molecule has 8 nitrogen and oxygen atoms in total. The van der Waals surface area contributed by atoms with Crippen LogP contribution in [-0.4, -0.2) is 46.0 Å². The van der Waals surface area contributed by atoms with Crippen LogP contribution < -0.4 is 15.9 Å². The fourth-order valence-corrected chi connectivity index (χ4v) is 3.09. The molecule has 0 bridgehead atoms. The van der Waals surface area contributed by atoms with E-state index in [4.69, 9.17) is 0 Å². The molecule has 1 amide bonds. The lowest BCUT2D eigenvalue weighted by Gasteiger charge is -2.45. The number of nitrogens with zero attached hydrogens (tertiary/aromatic N) is 4. The number of H-pyrrole nitrogens is 1. The fourth-order valence-electron chi connectivity index (χ4n) is 3.09. The Morgan fingerprint density at radius 2 is 2.07 bits per heavy atom. The van der Waals surface area contributed by atoms with Crippen molar-refractivity contribution in [1.82, 2.24) is 25.3 Å². The second-order valence-corrected chi connectivity index (χ2v) is 6.29. The van der Waals surface area contributed by atoms with Crippen LogP contribution in [0.5, 0.6) is 0 Å². The van der Waals surface area contributed by atoms with Crippen LogP contribution in [0.25, 0.3) is 11.0 Å². The number of hydrazine groups is 1. The van der Waals surface area contributed by atoms with Crippen LogP contribution in [-0.2, 0) is 6.54 Å². The first-order valence-corrected chi connectivity index (χ1v) is 8.54. The summed E-state index contributed by atoms with van der Waals surface area (Å²) < 4.78 is 28.9. The number of pyridine rings is 1. The average molecular weight is 386 g/mol. The van der Waals surface area contributed by atoms with Crippen molar-refractivity contribution in [3.63, 3.8) is 0 Å². The van der Waals surface area contributed by atoms with Crippen LogP contribution in [0.2, 0.25) is 0 Å². The number of fused-ring (bicyclic) bond motifs is 1. The van der Waals surface area contributed by atoms with Gasteiger partial charge in [-0.25, -0.2) is 23.8 Å². The monoisotopic (exact) mass is 386 g/mol. The van der Waals surface area contributed by atoms with Crippen molar-refractivity contribution in [3.8, 4) is 0 Å². The van der Waals surface area contributed by atoms with Crippen molar-refractivity contribution < 1.29 is 13.6 Å². The van der Waals surface area contributed by atoms with Gasteiger partial charge < -0.3 is 15.3 Å². The number of aromatic amines is 1. The van der Waals surface area contributed by atoms with E-state index in [0.29, 0.717) is 29.9 Å². The number of hydrogen-bond donors (Lipinski definition) is 2. The van der Waals surface area contributed by atoms with E-state index in [1.165, 1.54) is 19.3 Å². The Kier molecular flexibility index (Phi) is 4.47. The van der Waals surface area contributed by atoms with E-state index in [0.717, 1.165) is 6.20 Å². The number of aromatic nitrogens is 3. The molecule has 1 aliphatic rings. The number of halogens is 2. The minimum Gasteiger partial charge on any atom is -0.354 e. The molecular weight excluding hydrogens is 370 g/mol. The lowest BCUT2D eigenvalue weighted by Crippen LogP contribution is -2.57. The van der Waals surface area contributed by atoms with Gasteiger partial charge in [0, 0.05) is 38.3 Å². The van der Waals surface area contributed by atoms with Gasteiger partial charge in [0.2, 0.25) is 0 Å². The van der Waals surface area contributed by atoms with Gasteiger partial charge in [0.1, 0.15) is 5.52 Å². The zero-order valence-corrected chi connectivity index (χ0v) is 14.9. The Morgan fingerprint density at radius 1 is 1.25 bits per heavy atom. The third kappa shape index (κ3) is 3.07. The largest absolute Gasteiger partial charge is 0.354 e. The number of carbonyl (C=O) groups excluding carboxylic acids is 1. The third-order valence-electron chi connectivity index (χ3n) is 4.60. The molecular formula is C18H16F2N6O2. The molecule has 1 saturated heterocycles. The highest BCUT2D eigenvalue weighted by molar-refractivity contribution is 5.92. The summed E-state index contributed by atoms with van der Waals surface area (Å²) in [5.41, 5.74) is 0.489. The van der Waals surface area contributed by atoms with Gasteiger partial charge in [-0.2, -0.15) is 0 Å². The van der Waals surface area contributed by atoms with E-state index in [-0.39, 0.29) is 17.8 Å². The summed E-state index contributed by atoms with van der Waals surface area (Å²) in [6, 6.07) is 4.46. The normalized spacial score (nSPS) is 14.2. The SMILES string of the molecule is CNC(=O)c1ncc(N2CCN2Cc2ccc3ncc(=O)[nH]c3c2F)cc1F. The predicted molar refractivity (Wildman–Crippen MR) is 97.7 cm³/mol. The summed E-state index contributed by atoms with van der Waals surface area (Å²) in [5, 5.41) is 5.89. The fraction of sp³-hybridized carbons (Fsp3) is 0.222. The van der Waals surface area contributed by atoms with E-state index < -0.39 is 23.1 Å². The molecule has 0 unspecified atom stereocenters. The van der Waals surface area contributed by atoms with Gasteiger partial charge in [0.25, 0.3) is 11.5 Å². The lowest BCUT2D eigenvalue weighted by molar-refractivity contribution is 0.0953. The van der Waals surface area contributed by atoms with Gasteiger partial charge in [-0.15, -0.1) is 0 Å². The number of rotatable bonds is 4. The van der Waals surface area contributed by atoms with Crippen molar-refractivity contribution in [2.75, 3.05) is 25.1 Å². The number of amides is 1. The number of anilines is 1. The Balaban J connectivity index is 1.58. The van der Waals surface area contributed by atoms with Gasteiger partial charge in [0.05, 0.1) is 23.6 Å². The molecule has 3 aromatic rings. The second-order valence-electron chi connectivity index (χ2n) is 6.29. The number of benzene rings is 1. The van der Waals surface area contributed by atoms with E-state index in [9.17, 15) is 18.4 Å². The van der Waals surface area contributed by atoms with E-state index in [2.05, 4.69) is 20.3 Å². The van der Waals surface area contributed by atoms with Crippen molar-refractivity contribution in [2.45, 2.75) is 6.54 Å². The molecule has 0 saturated carbocycles. The van der Waals surface area contributed by atoms with Crippen molar-refractivity contribution >= 4 is 22.6 Å². The summed E-state index contributed by atoms with van der Waals surface area (Å²) in [6.07, 6.45) is 2.50. The topological polar surface area (TPSA) is 94.2 Å². The molecule has 0 spiro atoms. The van der Waals surface area contributed by atoms with Gasteiger partial charge in [-0.1, -0.05) is 6.07 Å². The summed E-state index contributed by atoms with van der Waals surface area (Å²) in [7, 11) is 1.40. The quantitative estimate of drug-likeness (QED) is 0.700. The molecule has 2 N–H and O–H groups in total. The Labute approximate surface area is 157 Å². The minimum absolute atomic E-state index is 0.0553. The van der Waals surface area contributed by atoms with Crippen LogP contribution in [0.1, 0.15) is 16.1 Å². The molecule has 144 valence electrons. The van der Waals surface area contributed by atoms with Gasteiger partial charge in [0.15, 0.2) is 17.3 Å². The summed E-state index contributed by atoms with van der Waals surface area (Å²) in [4.78, 5) is 33.2.